The van der Waals surface area contributed by atoms with Crippen molar-refractivity contribution in [2.45, 2.75) is 13.8 Å². The van der Waals surface area contributed by atoms with Gasteiger partial charge < -0.3 is 15.0 Å². The van der Waals surface area contributed by atoms with Crippen LogP contribution in [0.2, 0.25) is 0 Å². The Balaban J connectivity index is 2.09. The van der Waals surface area contributed by atoms with Crippen LogP contribution in [0.4, 0.5) is 15.8 Å². The van der Waals surface area contributed by atoms with Crippen LogP contribution in [-0.2, 0) is 14.3 Å². The van der Waals surface area contributed by atoms with Gasteiger partial charge in [-0.05, 0) is 49.4 Å². The molecule has 26 heavy (non-hydrogen) atoms. The summed E-state index contributed by atoms with van der Waals surface area (Å²) < 4.78 is 18.1. The molecule has 0 saturated carbocycles. The molecule has 0 spiro atoms. The molecular formula is C19H19FN2O4. The van der Waals surface area contributed by atoms with E-state index in [-0.39, 0.29) is 19.1 Å². The maximum atomic E-state index is 13.2. The summed E-state index contributed by atoms with van der Waals surface area (Å²) in [6.45, 7) is 3.06. The van der Waals surface area contributed by atoms with Crippen molar-refractivity contribution in [1.82, 2.24) is 0 Å². The van der Waals surface area contributed by atoms with Gasteiger partial charge in [0, 0.05) is 18.3 Å². The predicted octanol–water partition coefficient (Wildman–Crippen LogP) is 2.99. The fraction of sp³-hybridized carbons (Fsp3) is 0.211. The largest absolute Gasteiger partial charge is 0.462 e. The van der Waals surface area contributed by atoms with Crippen LogP contribution < -0.4 is 10.2 Å². The van der Waals surface area contributed by atoms with Crippen molar-refractivity contribution in [1.29, 1.82) is 0 Å². The normalized spacial score (nSPS) is 10.1. The third-order valence-corrected chi connectivity index (χ3v) is 3.48. The Labute approximate surface area is 150 Å². The second-order valence-corrected chi connectivity index (χ2v) is 5.43. The monoisotopic (exact) mass is 358 g/mol. The van der Waals surface area contributed by atoms with E-state index < -0.39 is 17.7 Å². The van der Waals surface area contributed by atoms with Gasteiger partial charge in [-0.1, -0.05) is 6.07 Å². The number of rotatable bonds is 6. The van der Waals surface area contributed by atoms with Gasteiger partial charge in [-0.2, -0.15) is 0 Å². The van der Waals surface area contributed by atoms with Crippen molar-refractivity contribution in [3.8, 4) is 0 Å². The highest BCUT2D eigenvalue weighted by Crippen LogP contribution is 2.17. The fourth-order valence-corrected chi connectivity index (χ4v) is 2.29. The molecule has 1 N–H and O–H groups in total. The average molecular weight is 358 g/mol. The summed E-state index contributed by atoms with van der Waals surface area (Å²) in [6, 6.07) is 11.6. The second-order valence-electron chi connectivity index (χ2n) is 5.43. The second kappa shape index (κ2) is 8.75. The molecule has 2 aromatic carbocycles. The molecule has 0 aliphatic heterocycles. The first-order chi connectivity index (χ1) is 12.4. The Kier molecular flexibility index (Phi) is 6.43. The zero-order valence-electron chi connectivity index (χ0n) is 14.5. The minimum absolute atomic E-state index is 0.245. The molecule has 0 unspecified atom stereocenters. The number of esters is 1. The third-order valence-electron chi connectivity index (χ3n) is 3.48. The summed E-state index contributed by atoms with van der Waals surface area (Å²) in [5.74, 6) is -1.75. The number of carbonyl (C=O) groups excluding carboxylic acids is 3. The van der Waals surface area contributed by atoms with Crippen molar-refractivity contribution in [3.63, 3.8) is 0 Å². The Hall–Kier alpha value is -3.22. The molecule has 0 aliphatic carbocycles. The van der Waals surface area contributed by atoms with Gasteiger partial charge >= 0.3 is 5.97 Å². The Morgan fingerprint density at radius 1 is 1.12 bits per heavy atom. The Morgan fingerprint density at radius 3 is 2.38 bits per heavy atom. The van der Waals surface area contributed by atoms with Crippen molar-refractivity contribution in [2.75, 3.05) is 23.4 Å². The molecule has 7 heteroatoms. The van der Waals surface area contributed by atoms with E-state index in [1.807, 2.05) is 0 Å². The van der Waals surface area contributed by atoms with Crippen LogP contribution in [0.1, 0.15) is 24.2 Å². The van der Waals surface area contributed by atoms with E-state index in [4.69, 9.17) is 4.74 Å². The maximum Gasteiger partial charge on any atom is 0.338 e. The van der Waals surface area contributed by atoms with E-state index in [0.29, 0.717) is 16.9 Å². The predicted molar refractivity (Wildman–Crippen MR) is 95.5 cm³/mol. The number of ether oxygens (including phenoxy) is 1. The summed E-state index contributed by atoms with van der Waals surface area (Å²) in [5.41, 5.74) is 1.11. The standard InChI is InChI=1S/C19H19FN2O4/c1-3-26-19(25)14-7-9-17(10-8-14)22(13(2)23)12-18(24)21-16-6-4-5-15(20)11-16/h4-11H,3,12H2,1-2H3,(H,21,24). The molecule has 2 aromatic rings. The minimum atomic E-state index is -0.472. The van der Waals surface area contributed by atoms with Crippen LogP contribution in [0.25, 0.3) is 0 Å². The van der Waals surface area contributed by atoms with Gasteiger partial charge in [-0.15, -0.1) is 0 Å². The number of amides is 2. The number of halogens is 1. The van der Waals surface area contributed by atoms with Crippen LogP contribution in [0.5, 0.6) is 0 Å². The first-order valence-electron chi connectivity index (χ1n) is 8.01. The molecular weight excluding hydrogens is 339 g/mol. The van der Waals surface area contributed by atoms with E-state index in [1.165, 1.54) is 42.2 Å². The quantitative estimate of drug-likeness (QED) is 0.806. The number of anilines is 2. The van der Waals surface area contributed by atoms with E-state index in [1.54, 1.807) is 25.1 Å². The van der Waals surface area contributed by atoms with Gasteiger partial charge in [0.1, 0.15) is 12.4 Å². The van der Waals surface area contributed by atoms with Crippen LogP contribution in [0, 0.1) is 5.82 Å². The summed E-state index contributed by atoms with van der Waals surface area (Å²) in [5, 5.41) is 2.54. The molecule has 0 saturated heterocycles. The zero-order chi connectivity index (χ0) is 19.1. The van der Waals surface area contributed by atoms with E-state index >= 15 is 0 Å². The summed E-state index contributed by atoms with van der Waals surface area (Å²) >= 11 is 0. The molecule has 0 fully saturated rings. The lowest BCUT2D eigenvalue weighted by molar-refractivity contribution is -0.120. The van der Waals surface area contributed by atoms with Gasteiger partial charge in [-0.3, -0.25) is 9.59 Å². The topological polar surface area (TPSA) is 75.7 Å². The zero-order valence-corrected chi connectivity index (χ0v) is 14.5. The third kappa shape index (κ3) is 5.14. The number of carbonyl (C=O) groups is 3. The highest BCUT2D eigenvalue weighted by molar-refractivity contribution is 6.02. The summed E-state index contributed by atoms with van der Waals surface area (Å²) in [7, 11) is 0. The summed E-state index contributed by atoms with van der Waals surface area (Å²) in [4.78, 5) is 37.0. The summed E-state index contributed by atoms with van der Waals surface area (Å²) in [6.07, 6.45) is 0. The lowest BCUT2D eigenvalue weighted by Gasteiger charge is -2.21. The molecule has 136 valence electrons. The number of hydrogen-bond donors (Lipinski definition) is 1. The highest BCUT2D eigenvalue weighted by Gasteiger charge is 2.17. The van der Waals surface area contributed by atoms with Gasteiger partial charge in [0.25, 0.3) is 0 Å². The van der Waals surface area contributed by atoms with Gasteiger partial charge in [0.2, 0.25) is 11.8 Å². The van der Waals surface area contributed by atoms with Crippen molar-refractivity contribution in [2.24, 2.45) is 0 Å². The first kappa shape index (κ1) is 19.1. The van der Waals surface area contributed by atoms with Gasteiger partial charge in [-0.25, -0.2) is 9.18 Å². The number of nitrogens with zero attached hydrogens (tertiary/aromatic N) is 1. The molecule has 0 bridgehead atoms. The van der Waals surface area contributed by atoms with E-state index in [0.717, 1.165) is 0 Å². The Morgan fingerprint density at radius 2 is 1.81 bits per heavy atom. The van der Waals surface area contributed by atoms with E-state index in [2.05, 4.69) is 5.32 Å². The van der Waals surface area contributed by atoms with Gasteiger partial charge in [0.05, 0.1) is 12.2 Å². The van der Waals surface area contributed by atoms with Crippen molar-refractivity contribution < 1.29 is 23.5 Å². The molecule has 0 heterocycles. The molecule has 2 rings (SSSR count). The number of benzene rings is 2. The highest BCUT2D eigenvalue weighted by atomic mass is 19.1. The van der Waals surface area contributed by atoms with Crippen LogP contribution in [-0.4, -0.2) is 30.9 Å². The molecule has 0 aliphatic rings. The molecule has 0 aromatic heterocycles. The van der Waals surface area contributed by atoms with Crippen LogP contribution in [0.3, 0.4) is 0 Å². The SMILES string of the molecule is CCOC(=O)c1ccc(N(CC(=O)Nc2cccc(F)c2)C(C)=O)cc1. The maximum absolute atomic E-state index is 13.2. The molecule has 6 nitrogen and oxygen atoms in total. The van der Waals surface area contributed by atoms with E-state index in [9.17, 15) is 18.8 Å². The number of hydrogen-bond acceptors (Lipinski definition) is 4. The molecule has 0 radical (unpaired) electrons. The smallest absolute Gasteiger partial charge is 0.338 e. The average Bonchev–Trinajstić information content (AvgIpc) is 2.60. The number of nitrogens with one attached hydrogen (secondary N) is 1. The lowest BCUT2D eigenvalue weighted by Crippen LogP contribution is -2.36. The molecule has 2 amide bonds. The first-order valence-corrected chi connectivity index (χ1v) is 8.01. The molecule has 0 atom stereocenters. The fourth-order valence-electron chi connectivity index (χ4n) is 2.29. The Bertz CT molecular complexity index is 805. The van der Waals surface area contributed by atoms with Crippen molar-refractivity contribution >= 4 is 29.2 Å². The van der Waals surface area contributed by atoms with Gasteiger partial charge in [0.15, 0.2) is 0 Å². The lowest BCUT2D eigenvalue weighted by atomic mass is 10.2. The van der Waals surface area contributed by atoms with Crippen LogP contribution >= 0.6 is 0 Å². The van der Waals surface area contributed by atoms with Crippen LogP contribution in [0.15, 0.2) is 48.5 Å². The minimum Gasteiger partial charge on any atom is -0.462 e. The van der Waals surface area contributed by atoms with Crippen molar-refractivity contribution in [3.05, 3.63) is 59.9 Å².